The summed E-state index contributed by atoms with van der Waals surface area (Å²) < 4.78 is 0. The van der Waals surface area contributed by atoms with Crippen LogP contribution in [0.1, 0.15) is 35.8 Å². The number of nitrogens with zero attached hydrogens (tertiary/aromatic N) is 3. The third-order valence-electron chi connectivity index (χ3n) is 3.39. The minimum atomic E-state index is 0.329. The number of pyridine rings is 1. The fraction of sp³-hybridized carbons (Fsp3) is 0.467. The first-order valence-electron chi connectivity index (χ1n) is 6.89. The molecule has 0 aliphatic heterocycles. The molecule has 108 valence electrons. The molecule has 0 bridgehead atoms. The summed E-state index contributed by atoms with van der Waals surface area (Å²) in [4.78, 5) is 11.2. The van der Waals surface area contributed by atoms with Gasteiger partial charge in [0, 0.05) is 18.5 Å². The second-order valence-corrected chi connectivity index (χ2v) is 5.97. The summed E-state index contributed by atoms with van der Waals surface area (Å²) in [6.07, 6.45) is 2.98. The van der Waals surface area contributed by atoms with E-state index in [9.17, 15) is 0 Å². The molecule has 0 fully saturated rings. The van der Waals surface area contributed by atoms with Gasteiger partial charge in [0.1, 0.15) is 0 Å². The molecule has 0 aromatic carbocycles. The van der Waals surface area contributed by atoms with Crippen LogP contribution in [0.15, 0.2) is 23.7 Å². The lowest BCUT2D eigenvalue weighted by molar-refractivity contribution is 0.561. The first kappa shape index (κ1) is 14.9. The van der Waals surface area contributed by atoms with Gasteiger partial charge in [-0.3, -0.25) is 4.98 Å². The average molecular weight is 290 g/mol. The summed E-state index contributed by atoms with van der Waals surface area (Å²) in [5, 5.41) is 6.50. The zero-order valence-corrected chi connectivity index (χ0v) is 13.4. The predicted octanol–water partition coefficient (Wildman–Crippen LogP) is 3.15. The summed E-state index contributed by atoms with van der Waals surface area (Å²) >= 11 is 1.69. The van der Waals surface area contributed by atoms with Crippen molar-refractivity contribution in [2.24, 2.45) is 0 Å². The summed E-state index contributed by atoms with van der Waals surface area (Å²) in [5.41, 5.74) is 3.32. The highest BCUT2D eigenvalue weighted by atomic mass is 32.1. The maximum absolute atomic E-state index is 4.57. The molecule has 0 aliphatic carbocycles. The molecule has 0 amide bonds. The van der Waals surface area contributed by atoms with Gasteiger partial charge in [0.2, 0.25) is 0 Å². The lowest BCUT2D eigenvalue weighted by Crippen LogP contribution is -2.19. The second kappa shape index (κ2) is 6.81. The highest BCUT2D eigenvalue weighted by molar-refractivity contribution is 7.09. The van der Waals surface area contributed by atoms with E-state index in [1.807, 2.05) is 20.2 Å². The molecule has 0 saturated carbocycles. The van der Waals surface area contributed by atoms with Gasteiger partial charge < -0.3 is 10.2 Å². The first-order chi connectivity index (χ1) is 9.63. The van der Waals surface area contributed by atoms with E-state index in [0.717, 1.165) is 35.0 Å². The standard InChI is InChI=1S/C15H22N4S/c1-5-14(16-3)15-7-6-13(8-17-15)19(4)9-12-10-20-11(2)18-12/h6-8,10,14,16H,5,9H2,1-4H3. The van der Waals surface area contributed by atoms with Crippen molar-refractivity contribution < 1.29 is 0 Å². The highest BCUT2D eigenvalue weighted by Crippen LogP contribution is 2.19. The van der Waals surface area contributed by atoms with Crippen LogP contribution in [0.4, 0.5) is 5.69 Å². The molecular formula is C15H22N4S. The van der Waals surface area contributed by atoms with Gasteiger partial charge >= 0.3 is 0 Å². The van der Waals surface area contributed by atoms with E-state index >= 15 is 0 Å². The molecular weight excluding hydrogens is 268 g/mol. The van der Waals surface area contributed by atoms with Crippen LogP contribution in [0.2, 0.25) is 0 Å². The molecule has 0 saturated heterocycles. The fourth-order valence-corrected chi connectivity index (χ4v) is 2.81. The number of hydrogen-bond donors (Lipinski definition) is 1. The largest absolute Gasteiger partial charge is 0.367 e. The van der Waals surface area contributed by atoms with E-state index in [2.05, 4.69) is 51.7 Å². The number of rotatable bonds is 6. The first-order valence-corrected chi connectivity index (χ1v) is 7.77. The summed E-state index contributed by atoms with van der Waals surface area (Å²) in [6, 6.07) is 4.56. The van der Waals surface area contributed by atoms with Crippen LogP contribution in [0.25, 0.3) is 0 Å². The van der Waals surface area contributed by atoms with Crippen molar-refractivity contribution in [2.45, 2.75) is 32.9 Å². The van der Waals surface area contributed by atoms with Crippen LogP contribution in [-0.2, 0) is 6.54 Å². The normalized spacial score (nSPS) is 12.4. The van der Waals surface area contributed by atoms with E-state index in [0.29, 0.717) is 6.04 Å². The number of hydrogen-bond acceptors (Lipinski definition) is 5. The molecule has 2 heterocycles. The molecule has 1 unspecified atom stereocenters. The van der Waals surface area contributed by atoms with Crippen LogP contribution in [0.3, 0.4) is 0 Å². The summed E-state index contributed by atoms with van der Waals surface area (Å²) in [7, 11) is 4.04. The van der Waals surface area contributed by atoms with Crippen LogP contribution in [-0.4, -0.2) is 24.1 Å². The Balaban J connectivity index is 2.05. The van der Waals surface area contributed by atoms with Crippen molar-refractivity contribution in [1.29, 1.82) is 0 Å². The van der Waals surface area contributed by atoms with E-state index < -0.39 is 0 Å². The molecule has 1 atom stereocenters. The van der Waals surface area contributed by atoms with E-state index in [-0.39, 0.29) is 0 Å². The number of thiazole rings is 1. The van der Waals surface area contributed by atoms with Crippen LogP contribution < -0.4 is 10.2 Å². The molecule has 1 N–H and O–H groups in total. The molecule has 4 nitrogen and oxygen atoms in total. The Hall–Kier alpha value is -1.46. The van der Waals surface area contributed by atoms with Gasteiger partial charge in [-0.2, -0.15) is 0 Å². The van der Waals surface area contributed by atoms with Crippen molar-refractivity contribution in [3.05, 3.63) is 40.1 Å². The molecule has 0 radical (unpaired) electrons. The second-order valence-electron chi connectivity index (χ2n) is 4.90. The van der Waals surface area contributed by atoms with Gasteiger partial charge in [-0.25, -0.2) is 4.98 Å². The molecule has 20 heavy (non-hydrogen) atoms. The van der Waals surface area contributed by atoms with Gasteiger partial charge in [0.25, 0.3) is 0 Å². The van der Waals surface area contributed by atoms with Gasteiger partial charge in [-0.15, -0.1) is 11.3 Å². The molecule has 5 heteroatoms. The van der Waals surface area contributed by atoms with Crippen LogP contribution in [0.5, 0.6) is 0 Å². The van der Waals surface area contributed by atoms with Gasteiger partial charge in [-0.1, -0.05) is 6.92 Å². The Bertz CT molecular complexity index is 531. The number of aryl methyl sites for hydroxylation is 1. The topological polar surface area (TPSA) is 41.0 Å². The maximum Gasteiger partial charge on any atom is 0.0898 e. The number of nitrogens with one attached hydrogen (secondary N) is 1. The zero-order chi connectivity index (χ0) is 14.5. The van der Waals surface area contributed by atoms with Crippen LogP contribution in [0, 0.1) is 6.92 Å². The van der Waals surface area contributed by atoms with Crippen molar-refractivity contribution in [2.75, 3.05) is 19.0 Å². The molecule has 2 aromatic heterocycles. The summed E-state index contributed by atoms with van der Waals surface area (Å²) in [5.74, 6) is 0. The minimum Gasteiger partial charge on any atom is -0.367 e. The van der Waals surface area contributed by atoms with Crippen molar-refractivity contribution in [3.63, 3.8) is 0 Å². The van der Waals surface area contributed by atoms with E-state index in [1.54, 1.807) is 11.3 Å². The number of anilines is 1. The monoisotopic (exact) mass is 290 g/mol. The SMILES string of the molecule is CCC(NC)c1ccc(N(C)Cc2csc(C)n2)cn1. The summed E-state index contributed by atoms with van der Waals surface area (Å²) in [6.45, 7) is 5.01. The lowest BCUT2D eigenvalue weighted by Gasteiger charge is -2.19. The van der Waals surface area contributed by atoms with E-state index in [4.69, 9.17) is 0 Å². The lowest BCUT2D eigenvalue weighted by atomic mass is 10.1. The Morgan fingerprint density at radius 1 is 1.40 bits per heavy atom. The van der Waals surface area contributed by atoms with Crippen LogP contribution >= 0.6 is 11.3 Å². The molecule has 2 aromatic rings. The van der Waals surface area contributed by atoms with Crippen molar-refractivity contribution >= 4 is 17.0 Å². The average Bonchev–Trinajstić information content (AvgIpc) is 2.86. The minimum absolute atomic E-state index is 0.329. The van der Waals surface area contributed by atoms with Crippen molar-refractivity contribution in [3.8, 4) is 0 Å². The Morgan fingerprint density at radius 3 is 2.70 bits per heavy atom. The smallest absolute Gasteiger partial charge is 0.0898 e. The fourth-order valence-electron chi connectivity index (χ4n) is 2.21. The quantitative estimate of drug-likeness (QED) is 0.887. The highest BCUT2D eigenvalue weighted by Gasteiger charge is 2.09. The van der Waals surface area contributed by atoms with E-state index in [1.165, 1.54) is 0 Å². The molecule has 0 aliphatic rings. The van der Waals surface area contributed by atoms with Crippen molar-refractivity contribution in [1.82, 2.24) is 15.3 Å². The van der Waals surface area contributed by atoms with Gasteiger partial charge in [0.15, 0.2) is 0 Å². The third kappa shape index (κ3) is 3.55. The Kier molecular flexibility index (Phi) is 5.09. The Morgan fingerprint density at radius 2 is 2.20 bits per heavy atom. The predicted molar refractivity (Wildman–Crippen MR) is 85.3 cm³/mol. The molecule has 2 rings (SSSR count). The maximum atomic E-state index is 4.57. The zero-order valence-electron chi connectivity index (χ0n) is 12.6. The third-order valence-corrected chi connectivity index (χ3v) is 4.21. The number of aromatic nitrogens is 2. The molecule has 0 spiro atoms. The Labute approximate surface area is 124 Å². The van der Waals surface area contributed by atoms with Gasteiger partial charge in [-0.05, 0) is 32.5 Å². The van der Waals surface area contributed by atoms with Gasteiger partial charge in [0.05, 0.1) is 34.8 Å².